The van der Waals surface area contributed by atoms with Crippen molar-refractivity contribution in [1.29, 1.82) is 0 Å². The van der Waals surface area contributed by atoms with E-state index in [0.717, 1.165) is 25.8 Å². The number of rotatable bonds is 3. The second-order valence-corrected chi connectivity index (χ2v) is 5.75. The van der Waals surface area contributed by atoms with Gasteiger partial charge in [0.25, 0.3) is 5.91 Å². The molecule has 1 saturated heterocycles. The van der Waals surface area contributed by atoms with Crippen LogP contribution in [0.15, 0.2) is 16.8 Å². The number of aromatic nitrogens is 4. The molecule has 2 atom stereocenters. The van der Waals surface area contributed by atoms with E-state index in [1.54, 1.807) is 12.4 Å². The maximum absolute atomic E-state index is 12.7. The number of aryl methyl sites for hydroxylation is 1. The molecule has 0 aromatic carbocycles. The van der Waals surface area contributed by atoms with Gasteiger partial charge in [0.2, 0.25) is 11.8 Å². The summed E-state index contributed by atoms with van der Waals surface area (Å²) in [5.41, 5.74) is 0.187. The first kappa shape index (κ1) is 12.6. The van der Waals surface area contributed by atoms with Crippen molar-refractivity contribution in [3.63, 3.8) is 0 Å². The topological polar surface area (TPSA) is 87.9 Å². The highest BCUT2D eigenvalue weighted by atomic mass is 16.4. The zero-order valence-electron chi connectivity index (χ0n) is 11.9. The molecule has 7 heteroatoms. The molecular weight excluding hydrogens is 270 g/mol. The Kier molecular flexibility index (Phi) is 2.63. The van der Waals surface area contributed by atoms with Crippen molar-refractivity contribution in [2.24, 2.45) is 5.92 Å². The molecular formula is C14H17N5O2. The van der Waals surface area contributed by atoms with Gasteiger partial charge in [-0.15, -0.1) is 10.2 Å². The minimum absolute atomic E-state index is 0.0119. The minimum Gasteiger partial charge on any atom is -0.423 e. The van der Waals surface area contributed by atoms with E-state index in [4.69, 9.17) is 4.42 Å². The van der Waals surface area contributed by atoms with Crippen molar-refractivity contribution in [3.05, 3.63) is 29.7 Å². The van der Waals surface area contributed by atoms with Crippen LogP contribution < -0.4 is 0 Å². The van der Waals surface area contributed by atoms with E-state index in [0.29, 0.717) is 29.7 Å². The van der Waals surface area contributed by atoms with Gasteiger partial charge in [-0.25, -0.2) is 0 Å². The molecule has 1 aliphatic heterocycles. The molecule has 3 heterocycles. The Morgan fingerprint density at radius 3 is 3.05 bits per heavy atom. The Labute approximate surface area is 121 Å². The maximum Gasteiger partial charge on any atom is 0.257 e. The number of aromatic amines is 1. The fraction of sp³-hybridized carbons (Fsp3) is 0.571. The number of nitrogens with one attached hydrogen (secondary N) is 1. The summed E-state index contributed by atoms with van der Waals surface area (Å²) in [6, 6.07) is 0. The summed E-state index contributed by atoms with van der Waals surface area (Å²) in [6.07, 6.45) is 6.91. The molecule has 1 saturated carbocycles. The van der Waals surface area contributed by atoms with Gasteiger partial charge in [-0.2, -0.15) is 5.10 Å². The predicted molar refractivity (Wildman–Crippen MR) is 72.3 cm³/mol. The summed E-state index contributed by atoms with van der Waals surface area (Å²) in [5.74, 6) is 1.65. The highest BCUT2D eigenvalue weighted by molar-refractivity contribution is 5.94. The van der Waals surface area contributed by atoms with Gasteiger partial charge in [-0.05, 0) is 25.2 Å². The molecule has 7 nitrogen and oxygen atoms in total. The Bertz CT molecular complexity index is 665. The van der Waals surface area contributed by atoms with Crippen LogP contribution in [-0.4, -0.2) is 37.7 Å². The monoisotopic (exact) mass is 287 g/mol. The molecule has 110 valence electrons. The summed E-state index contributed by atoms with van der Waals surface area (Å²) >= 11 is 0. The number of nitrogens with zero attached hydrogens (tertiary/aromatic N) is 4. The number of likely N-dealkylation sites (tertiary alicyclic amines) is 1. The molecule has 0 radical (unpaired) electrons. The molecule has 1 N–H and O–H groups in total. The van der Waals surface area contributed by atoms with Crippen molar-refractivity contribution in [2.45, 2.75) is 38.1 Å². The van der Waals surface area contributed by atoms with Crippen LogP contribution in [0.1, 0.15) is 48.3 Å². The molecule has 4 rings (SSSR count). The van der Waals surface area contributed by atoms with Gasteiger partial charge in [-0.3, -0.25) is 9.89 Å². The Morgan fingerprint density at radius 2 is 2.43 bits per heavy atom. The lowest BCUT2D eigenvalue weighted by molar-refractivity contribution is -0.00356. The third kappa shape index (κ3) is 1.60. The quantitative estimate of drug-likeness (QED) is 0.924. The van der Waals surface area contributed by atoms with Gasteiger partial charge in [0.1, 0.15) is 5.54 Å². The first-order valence-electron chi connectivity index (χ1n) is 7.39. The van der Waals surface area contributed by atoms with Crippen LogP contribution in [0, 0.1) is 5.92 Å². The Balaban J connectivity index is 1.72. The lowest BCUT2D eigenvalue weighted by Gasteiger charge is -2.46. The van der Waals surface area contributed by atoms with Gasteiger partial charge in [-0.1, -0.05) is 6.92 Å². The van der Waals surface area contributed by atoms with Gasteiger partial charge in [0.15, 0.2) is 0 Å². The van der Waals surface area contributed by atoms with Crippen molar-refractivity contribution < 1.29 is 9.21 Å². The van der Waals surface area contributed by atoms with Crippen LogP contribution >= 0.6 is 0 Å². The maximum atomic E-state index is 12.7. The number of amides is 1. The fourth-order valence-corrected chi connectivity index (χ4v) is 3.62. The second-order valence-electron chi connectivity index (χ2n) is 5.75. The van der Waals surface area contributed by atoms with Crippen LogP contribution in [0.5, 0.6) is 0 Å². The fourth-order valence-electron chi connectivity index (χ4n) is 3.62. The highest BCUT2D eigenvalue weighted by Gasteiger charge is 2.61. The van der Waals surface area contributed by atoms with Crippen LogP contribution in [0.4, 0.5) is 0 Å². The number of fused-ring (bicyclic) bond motifs is 1. The van der Waals surface area contributed by atoms with E-state index in [1.165, 1.54) is 0 Å². The number of H-pyrrole nitrogens is 1. The summed E-state index contributed by atoms with van der Waals surface area (Å²) in [4.78, 5) is 14.6. The number of carbonyl (C=O) groups is 1. The van der Waals surface area contributed by atoms with E-state index < -0.39 is 5.54 Å². The van der Waals surface area contributed by atoms with E-state index in [1.807, 2.05) is 11.8 Å². The Hall–Kier alpha value is -2.18. The van der Waals surface area contributed by atoms with Gasteiger partial charge in [0, 0.05) is 19.2 Å². The molecule has 0 spiro atoms. The minimum atomic E-state index is -0.394. The van der Waals surface area contributed by atoms with Crippen LogP contribution in [0.3, 0.4) is 0 Å². The third-order valence-electron chi connectivity index (χ3n) is 4.86. The normalized spacial score (nSPS) is 27.5. The number of hydrogen-bond donors (Lipinski definition) is 1. The van der Waals surface area contributed by atoms with Crippen molar-refractivity contribution >= 4 is 5.91 Å². The summed E-state index contributed by atoms with van der Waals surface area (Å²) < 4.78 is 5.80. The molecule has 1 aliphatic carbocycles. The highest BCUT2D eigenvalue weighted by Crippen LogP contribution is 2.56. The van der Waals surface area contributed by atoms with Gasteiger partial charge >= 0.3 is 0 Å². The standard InChI is InChI=1S/C14H17N5O2/c1-2-11-17-18-13(21-11)14-5-3-10(14)4-6-19(14)12(20)9-7-15-16-8-9/h7-8,10H,2-6H2,1H3,(H,15,16)/t10-,14-/m0/s1. The molecule has 2 aromatic rings. The molecule has 0 bridgehead atoms. The summed E-state index contributed by atoms with van der Waals surface area (Å²) in [7, 11) is 0. The first-order chi connectivity index (χ1) is 10.3. The van der Waals surface area contributed by atoms with Crippen molar-refractivity contribution in [2.75, 3.05) is 6.54 Å². The van der Waals surface area contributed by atoms with E-state index >= 15 is 0 Å². The zero-order chi connectivity index (χ0) is 14.4. The number of carbonyl (C=O) groups excluding carboxylic acids is 1. The van der Waals surface area contributed by atoms with Gasteiger partial charge < -0.3 is 9.32 Å². The Morgan fingerprint density at radius 1 is 1.52 bits per heavy atom. The zero-order valence-corrected chi connectivity index (χ0v) is 11.9. The largest absolute Gasteiger partial charge is 0.423 e. The molecule has 0 unspecified atom stereocenters. The number of hydrogen-bond acceptors (Lipinski definition) is 5. The third-order valence-corrected chi connectivity index (χ3v) is 4.86. The first-order valence-corrected chi connectivity index (χ1v) is 7.39. The molecule has 2 aliphatic rings. The molecule has 2 aromatic heterocycles. The SMILES string of the molecule is CCc1nnc([C@]23CC[C@H]2CCN3C(=O)c2cn[nH]c2)o1. The van der Waals surface area contributed by atoms with Crippen molar-refractivity contribution in [1.82, 2.24) is 25.3 Å². The average molecular weight is 287 g/mol. The van der Waals surface area contributed by atoms with E-state index in [9.17, 15) is 4.79 Å². The molecule has 1 amide bonds. The lowest BCUT2D eigenvalue weighted by Crippen LogP contribution is -2.53. The second kappa shape index (κ2) is 4.41. The van der Waals surface area contributed by atoms with E-state index in [2.05, 4.69) is 20.4 Å². The lowest BCUT2D eigenvalue weighted by atomic mass is 9.67. The van der Waals surface area contributed by atoms with Crippen molar-refractivity contribution in [3.8, 4) is 0 Å². The molecule has 2 fully saturated rings. The summed E-state index contributed by atoms with van der Waals surface area (Å²) in [5, 5.41) is 14.9. The predicted octanol–water partition coefficient (Wildman–Crippen LogP) is 1.51. The van der Waals surface area contributed by atoms with Gasteiger partial charge in [0.05, 0.1) is 11.8 Å². The van der Waals surface area contributed by atoms with Crippen LogP contribution in [0.2, 0.25) is 0 Å². The van der Waals surface area contributed by atoms with Crippen LogP contribution in [0.25, 0.3) is 0 Å². The molecule has 21 heavy (non-hydrogen) atoms. The average Bonchev–Trinajstić information content (AvgIpc) is 3.18. The van der Waals surface area contributed by atoms with E-state index in [-0.39, 0.29) is 5.91 Å². The van der Waals surface area contributed by atoms with Crippen LogP contribution in [-0.2, 0) is 12.0 Å². The smallest absolute Gasteiger partial charge is 0.257 e. The summed E-state index contributed by atoms with van der Waals surface area (Å²) in [6.45, 7) is 2.72.